The summed E-state index contributed by atoms with van der Waals surface area (Å²) in [5.41, 5.74) is 8.23. The van der Waals surface area contributed by atoms with Gasteiger partial charge in [0.2, 0.25) is 0 Å². The first-order chi connectivity index (χ1) is 10.1. The van der Waals surface area contributed by atoms with Crippen LogP contribution in [0.25, 0.3) is 0 Å². The largest absolute Gasteiger partial charge is 0.497 e. The van der Waals surface area contributed by atoms with E-state index in [9.17, 15) is 10.1 Å². The molecule has 0 bridgehead atoms. The average molecular weight is 286 g/mol. The van der Waals surface area contributed by atoms with Crippen molar-refractivity contribution >= 4 is 5.69 Å². The van der Waals surface area contributed by atoms with Gasteiger partial charge in [0.25, 0.3) is 5.69 Å². The van der Waals surface area contributed by atoms with Crippen molar-refractivity contribution in [2.45, 2.75) is 18.9 Å². The molecule has 2 rings (SSSR count). The van der Waals surface area contributed by atoms with E-state index < -0.39 is 4.92 Å². The summed E-state index contributed by atoms with van der Waals surface area (Å²) in [5, 5.41) is 10.8. The minimum atomic E-state index is -0.390. The van der Waals surface area contributed by atoms with Crippen LogP contribution in [0.2, 0.25) is 0 Å². The van der Waals surface area contributed by atoms with E-state index >= 15 is 0 Å². The summed E-state index contributed by atoms with van der Waals surface area (Å²) >= 11 is 0. The summed E-state index contributed by atoms with van der Waals surface area (Å²) < 4.78 is 5.11. The number of nitrogens with two attached hydrogens (primary N) is 1. The van der Waals surface area contributed by atoms with Crippen LogP contribution in [0.5, 0.6) is 5.75 Å². The number of hydrogen-bond donors (Lipinski definition) is 1. The Morgan fingerprint density at radius 3 is 2.43 bits per heavy atom. The van der Waals surface area contributed by atoms with Crippen LogP contribution in [-0.2, 0) is 12.8 Å². The van der Waals surface area contributed by atoms with Gasteiger partial charge >= 0.3 is 0 Å². The number of rotatable bonds is 6. The Morgan fingerprint density at radius 1 is 1.14 bits per heavy atom. The average Bonchev–Trinajstić information content (AvgIpc) is 2.48. The predicted molar refractivity (Wildman–Crippen MR) is 81.5 cm³/mol. The predicted octanol–water partition coefficient (Wildman–Crippen LogP) is 2.72. The molecule has 0 aliphatic carbocycles. The molecule has 0 radical (unpaired) electrons. The molecule has 0 aliphatic rings. The smallest absolute Gasteiger partial charge is 0.269 e. The van der Waals surface area contributed by atoms with Crippen LogP contribution >= 0.6 is 0 Å². The molecular weight excluding hydrogens is 268 g/mol. The topological polar surface area (TPSA) is 78.4 Å². The minimum Gasteiger partial charge on any atom is -0.497 e. The molecule has 0 saturated carbocycles. The Labute approximate surface area is 123 Å². The number of ether oxygens (including phenoxy) is 1. The molecule has 0 amide bonds. The number of methoxy groups -OCH3 is 1. The van der Waals surface area contributed by atoms with Gasteiger partial charge < -0.3 is 10.5 Å². The SMILES string of the molecule is COc1ccc(CC(N)Cc2cccc([N+](=O)[O-])c2)cc1. The first-order valence-corrected chi connectivity index (χ1v) is 6.70. The van der Waals surface area contributed by atoms with Crippen molar-refractivity contribution in [3.05, 3.63) is 69.8 Å². The van der Waals surface area contributed by atoms with Crippen molar-refractivity contribution in [2.24, 2.45) is 5.73 Å². The second-order valence-corrected chi connectivity index (χ2v) is 4.94. The molecule has 2 aromatic carbocycles. The second kappa shape index (κ2) is 6.85. The van der Waals surface area contributed by atoms with E-state index in [-0.39, 0.29) is 11.7 Å². The lowest BCUT2D eigenvalue weighted by molar-refractivity contribution is -0.384. The second-order valence-electron chi connectivity index (χ2n) is 4.94. The Balaban J connectivity index is 1.98. The highest BCUT2D eigenvalue weighted by Gasteiger charge is 2.10. The maximum atomic E-state index is 10.8. The molecule has 5 nitrogen and oxygen atoms in total. The van der Waals surface area contributed by atoms with E-state index in [0.29, 0.717) is 12.8 Å². The number of hydrogen-bond acceptors (Lipinski definition) is 4. The van der Waals surface area contributed by atoms with Gasteiger partial charge in [-0.05, 0) is 36.1 Å². The summed E-state index contributed by atoms with van der Waals surface area (Å²) in [6.45, 7) is 0. The van der Waals surface area contributed by atoms with Crippen molar-refractivity contribution in [3.8, 4) is 5.75 Å². The molecule has 0 aliphatic heterocycles. The Bertz CT molecular complexity index is 611. The van der Waals surface area contributed by atoms with E-state index in [1.165, 1.54) is 6.07 Å². The number of nitro groups is 1. The molecular formula is C16H18N2O3. The molecule has 0 spiro atoms. The van der Waals surface area contributed by atoms with Crippen molar-refractivity contribution in [2.75, 3.05) is 7.11 Å². The third-order valence-electron chi connectivity index (χ3n) is 3.28. The highest BCUT2D eigenvalue weighted by molar-refractivity contribution is 5.35. The molecule has 21 heavy (non-hydrogen) atoms. The Kier molecular flexibility index (Phi) is 4.90. The first kappa shape index (κ1) is 15.0. The van der Waals surface area contributed by atoms with Gasteiger partial charge in [0.15, 0.2) is 0 Å². The van der Waals surface area contributed by atoms with Crippen molar-refractivity contribution in [3.63, 3.8) is 0 Å². The highest BCUT2D eigenvalue weighted by atomic mass is 16.6. The van der Waals surface area contributed by atoms with Gasteiger partial charge in [-0.1, -0.05) is 24.3 Å². The molecule has 110 valence electrons. The number of nitro benzene ring substituents is 1. The molecule has 2 N–H and O–H groups in total. The van der Waals surface area contributed by atoms with E-state index in [1.54, 1.807) is 19.2 Å². The highest BCUT2D eigenvalue weighted by Crippen LogP contribution is 2.16. The van der Waals surface area contributed by atoms with Crippen LogP contribution < -0.4 is 10.5 Å². The van der Waals surface area contributed by atoms with Gasteiger partial charge in [0.1, 0.15) is 5.75 Å². The molecule has 1 atom stereocenters. The van der Waals surface area contributed by atoms with Gasteiger partial charge in [0.05, 0.1) is 12.0 Å². The van der Waals surface area contributed by atoms with E-state index in [1.807, 2.05) is 30.3 Å². The molecule has 2 aromatic rings. The van der Waals surface area contributed by atoms with Gasteiger partial charge in [-0.2, -0.15) is 0 Å². The summed E-state index contributed by atoms with van der Waals surface area (Å²) in [6, 6.07) is 14.3. The zero-order valence-corrected chi connectivity index (χ0v) is 11.9. The van der Waals surface area contributed by atoms with Crippen LogP contribution in [0, 0.1) is 10.1 Å². The van der Waals surface area contributed by atoms with Crippen LogP contribution in [-0.4, -0.2) is 18.1 Å². The van der Waals surface area contributed by atoms with Crippen LogP contribution in [0.3, 0.4) is 0 Å². The fourth-order valence-electron chi connectivity index (χ4n) is 2.24. The van der Waals surface area contributed by atoms with Crippen molar-refractivity contribution in [1.82, 2.24) is 0 Å². The molecule has 0 saturated heterocycles. The van der Waals surface area contributed by atoms with Gasteiger partial charge in [-0.15, -0.1) is 0 Å². The molecule has 0 aromatic heterocycles. The molecule has 0 heterocycles. The maximum Gasteiger partial charge on any atom is 0.269 e. The molecule has 1 unspecified atom stereocenters. The van der Waals surface area contributed by atoms with E-state index in [4.69, 9.17) is 10.5 Å². The number of benzene rings is 2. The van der Waals surface area contributed by atoms with Crippen LogP contribution in [0.4, 0.5) is 5.69 Å². The third-order valence-corrected chi connectivity index (χ3v) is 3.28. The normalized spacial score (nSPS) is 11.9. The molecule has 5 heteroatoms. The zero-order valence-electron chi connectivity index (χ0n) is 11.9. The summed E-state index contributed by atoms with van der Waals surface area (Å²) in [5.74, 6) is 0.811. The third kappa shape index (κ3) is 4.29. The summed E-state index contributed by atoms with van der Waals surface area (Å²) in [6.07, 6.45) is 1.32. The minimum absolute atomic E-state index is 0.0830. The molecule has 0 fully saturated rings. The fraction of sp³-hybridized carbons (Fsp3) is 0.250. The van der Waals surface area contributed by atoms with Crippen LogP contribution in [0.1, 0.15) is 11.1 Å². The standard InChI is InChI=1S/C16H18N2O3/c1-21-16-7-5-12(6-8-16)9-14(17)10-13-3-2-4-15(11-13)18(19)20/h2-8,11,14H,9-10,17H2,1H3. The Hall–Kier alpha value is -2.40. The number of nitrogens with zero attached hydrogens (tertiary/aromatic N) is 1. The lowest BCUT2D eigenvalue weighted by atomic mass is 9.99. The lowest BCUT2D eigenvalue weighted by Gasteiger charge is -2.12. The zero-order chi connectivity index (χ0) is 15.2. The number of non-ortho nitro benzene ring substituents is 1. The monoisotopic (exact) mass is 286 g/mol. The van der Waals surface area contributed by atoms with E-state index in [2.05, 4.69) is 0 Å². The lowest BCUT2D eigenvalue weighted by Crippen LogP contribution is -2.25. The van der Waals surface area contributed by atoms with Crippen LogP contribution in [0.15, 0.2) is 48.5 Å². The fourth-order valence-corrected chi connectivity index (χ4v) is 2.24. The quantitative estimate of drug-likeness (QED) is 0.654. The van der Waals surface area contributed by atoms with Gasteiger partial charge in [-0.25, -0.2) is 0 Å². The first-order valence-electron chi connectivity index (χ1n) is 6.70. The van der Waals surface area contributed by atoms with Gasteiger partial charge in [-0.3, -0.25) is 10.1 Å². The van der Waals surface area contributed by atoms with Crippen molar-refractivity contribution < 1.29 is 9.66 Å². The van der Waals surface area contributed by atoms with E-state index in [0.717, 1.165) is 16.9 Å². The van der Waals surface area contributed by atoms with Gasteiger partial charge in [0, 0.05) is 18.2 Å². The summed E-state index contributed by atoms with van der Waals surface area (Å²) in [7, 11) is 1.63. The van der Waals surface area contributed by atoms with Crippen molar-refractivity contribution in [1.29, 1.82) is 0 Å². The summed E-state index contributed by atoms with van der Waals surface area (Å²) in [4.78, 5) is 10.4. The Morgan fingerprint density at radius 2 is 1.81 bits per heavy atom. The maximum absolute atomic E-state index is 10.8.